The van der Waals surface area contributed by atoms with E-state index in [0.717, 1.165) is 17.7 Å². The van der Waals surface area contributed by atoms with Gasteiger partial charge in [0.1, 0.15) is 0 Å². The molecule has 0 saturated heterocycles. The van der Waals surface area contributed by atoms with Crippen LogP contribution in [-0.4, -0.2) is 18.5 Å². The summed E-state index contributed by atoms with van der Waals surface area (Å²) < 4.78 is 0. The molecule has 4 nitrogen and oxygen atoms in total. The first-order chi connectivity index (χ1) is 8.13. The lowest BCUT2D eigenvalue weighted by Gasteiger charge is -2.29. The van der Waals surface area contributed by atoms with Gasteiger partial charge in [0.15, 0.2) is 0 Å². The lowest BCUT2D eigenvalue weighted by Crippen LogP contribution is -2.43. The summed E-state index contributed by atoms with van der Waals surface area (Å²) in [5.74, 6) is 0.0106. The zero-order chi connectivity index (χ0) is 12.8. The molecular formula is C13H21N3O. The van der Waals surface area contributed by atoms with Crippen LogP contribution in [0.4, 0.5) is 5.69 Å². The van der Waals surface area contributed by atoms with E-state index in [2.05, 4.69) is 0 Å². The van der Waals surface area contributed by atoms with Crippen LogP contribution in [0.1, 0.15) is 25.8 Å². The standard InChI is InChI=1S/C13H21N3O/c1-3-12(9-15)16(10(2)17)13-6-4-5-11(7-13)8-14/h4-7,12H,3,8-9,14-15H2,1-2H3. The van der Waals surface area contributed by atoms with Crippen LogP contribution in [0.3, 0.4) is 0 Å². The van der Waals surface area contributed by atoms with Crippen LogP contribution in [0.15, 0.2) is 24.3 Å². The quantitative estimate of drug-likeness (QED) is 0.806. The summed E-state index contributed by atoms with van der Waals surface area (Å²) in [5.41, 5.74) is 13.2. The monoisotopic (exact) mass is 235 g/mol. The molecule has 0 heterocycles. The van der Waals surface area contributed by atoms with Gasteiger partial charge in [-0.3, -0.25) is 4.79 Å². The third-order valence-corrected chi connectivity index (χ3v) is 2.87. The summed E-state index contributed by atoms with van der Waals surface area (Å²) in [6, 6.07) is 7.76. The average Bonchev–Trinajstić information content (AvgIpc) is 2.35. The Bertz CT molecular complexity index is 375. The predicted octanol–water partition coefficient (Wildman–Crippen LogP) is 1.24. The van der Waals surface area contributed by atoms with Crippen molar-refractivity contribution in [1.29, 1.82) is 0 Å². The summed E-state index contributed by atoms with van der Waals surface area (Å²) in [5, 5.41) is 0. The van der Waals surface area contributed by atoms with Crippen LogP contribution in [0.5, 0.6) is 0 Å². The number of anilines is 1. The first-order valence-corrected chi connectivity index (χ1v) is 5.92. The second kappa shape index (κ2) is 6.37. The third-order valence-electron chi connectivity index (χ3n) is 2.87. The molecule has 1 atom stereocenters. The molecule has 0 saturated carbocycles. The maximum atomic E-state index is 11.7. The summed E-state index contributed by atoms with van der Waals surface area (Å²) in [6.07, 6.45) is 0.836. The Morgan fingerprint density at radius 3 is 2.59 bits per heavy atom. The zero-order valence-corrected chi connectivity index (χ0v) is 10.5. The Kier molecular flexibility index (Phi) is 5.12. The van der Waals surface area contributed by atoms with Crippen molar-refractivity contribution in [3.05, 3.63) is 29.8 Å². The maximum Gasteiger partial charge on any atom is 0.224 e. The van der Waals surface area contributed by atoms with Crippen LogP contribution in [0.2, 0.25) is 0 Å². The molecule has 0 spiro atoms. The van der Waals surface area contributed by atoms with Crippen molar-refractivity contribution in [2.45, 2.75) is 32.9 Å². The molecule has 0 aromatic heterocycles. The molecule has 94 valence electrons. The predicted molar refractivity (Wildman–Crippen MR) is 70.6 cm³/mol. The molecule has 1 aromatic rings. The number of rotatable bonds is 5. The van der Waals surface area contributed by atoms with Crippen molar-refractivity contribution >= 4 is 11.6 Å². The second-order valence-corrected chi connectivity index (χ2v) is 4.06. The number of nitrogens with two attached hydrogens (primary N) is 2. The van der Waals surface area contributed by atoms with E-state index in [0.29, 0.717) is 13.1 Å². The summed E-state index contributed by atoms with van der Waals surface area (Å²) >= 11 is 0. The van der Waals surface area contributed by atoms with Crippen LogP contribution in [0, 0.1) is 0 Å². The van der Waals surface area contributed by atoms with E-state index in [1.54, 1.807) is 11.8 Å². The molecule has 0 radical (unpaired) electrons. The van der Waals surface area contributed by atoms with E-state index in [1.165, 1.54) is 0 Å². The molecule has 4 heteroatoms. The topological polar surface area (TPSA) is 72.3 Å². The van der Waals surface area contributed by atoms with E-state index in [4.69, 9.17) is 11.5 Å². The molecule has 1 amide bonds. The molecule has 0 aliphatic rings. The Hall–Kier alpha value is -1.39. The number of amides is 1. The first-order valence-electron chi connectivity index (χ1n) is 5.92. The molecule has 1 rings (SSSR count). The number of hydrogen-bond donors (Lipinski definition) is 2. The van der Waals surface area contributed by atoms with Gasteiger partial charge in [-0.1, -0.05) is 19.1 Å². The number of carbonyl (C=O) groups excluding carboxylic acids is 1. The van der Waals surface area contributed by atoms with Crippen molar-refractivity contribution in [2.24, 2.45) is 11.5 Å². The van der Waals surface area contributed by atoms with Crippen molar-refractivity contribution < 1.29 is 4.79 Å². The van der Waals surface area contributed by atoms with Crippen LogP contribution in [0.25, 0.3) is 0 Å². The largest absolute Gasteiger partial charge is 0.328 e. The SMILES string of the molecule is CCC(CN)N(C(C)=O)c1cccc(CN)c1. The molecule has 0 aliphatic carbocycles. The van der Waals surface area contributed by atoms with Crippen LogP contribution >= 0.6 is 0 Å². The van der Waals surface area contributed by atoms with Crippen LogP contribution in [-0.2, 0) is 11.3 Å². The minimum absolute atomic E-state index is 0.0106. The van der Waals surface area contributed by atoms with Gasteiger partial charge in [-0.2, -0.15) is 0 Å². The number of nitrogens with zero attached hydrogens (tertiary/aromatic N) is 1. The smallest absolute Gasteiger partial charge is 0.224 e. The summed E-state index contributed by atoms with van der Waals surface area (Å²) in [7, 11) is 0. The normalized spacial score (nSPS) is 12.2. The highest BCUT2D eigenvalue weighted by atomic mass is 16.2. The molecule has 1 aromatic carbocycles. The Morgan fingerprint density at radius 2 is 2.12 bits per heavy atom. The van der Waals surface area contributed by atoms with Gasteiger partial charge in [0.25, 0.3) is 0 Å². The third kappa shape index (κ3) is 3.28. The van der Waals surface area contributed by atoms with E-state index >= 15 is 0 Å². The second-order valence-electron chi connectivity index (χ2n) is 4.06. The van der Waals surface area contributed by atoms with Crippen LogP contribution < -0.4 is 16.4 Å². The maximum absolute atomic E-state index is 11.7. The van der Waals surface area contributed by atoms with E-state index < -0.39 is 0 Å². The molecule has 0 bridgehead atoms. The van der Waals surface area contributed by atoms with E-state index in [-0.39, 0.29) is 11.9 Å². The lowest BCUT2D eigenvalue weighted by molar-refractivity contribution is -0.117. The highest BCUT2D eigenvalue weighted by Gasteiger charge is 2.19. The number of hydrogen-bond acceptors (Lipinski definition) is 3. The van der Waals surface area contributed by atoms with Crippen molar-refractivity contribution in [1.82, 2.24) is 0 Å². The van der Waals surface area contributed by atoms with Gasteiger partial charge in [0.05, 0.1) is 0 Å². The van der Waals surface area contributed by atoms with Gasteiger partial charge in [-0.05, 0) is 24.1 Å². The Labute approximate surface area is 103 Å². The van der Waals surface area contributed by atoms with Crippen molar-refractivity contribution in [3.63, 3.8) is 0 Å². The van der Waals surface area contributed by atoms with Gasteiger partial charge in [0, 0.05) is 31.7 Å². The molecule has 1 unspecified atom stereocenters. The molecule has 0 fully saturated rings. The number of carbonyl (C=O) groups is 1. The molecule has 0 aliphatic heterocycles. The Morgan fingerprint density at radius 1 is 1.41 bits per heavy atom. The molecular weight excluding hydrogens is 214 g/mol. The fourth-order valence-electron chi connectivity index (χ4n) is 1.94. The fourth-order valence-corrected chi connectivity index (χ4v) is 1.94. The van der Waals surface area contributed by atoms with Gasteiger partial charge < -0.3 is 16.4 Å². The van der Waals surface area contributed by atoms with Crippen molar-refractivity contribution in [2.75, 3.05) is 11.4 Å². The highest BCUT2D eigenvalue weighted by Crippen LogP contribution is 2.20. The van der Waals surface area contributed by atoms with Gasteiger partial charge in [-0.25, -0.2) is 0 Å². The van der Waals surface area contributed by atoms with Gasteiger partial charge >= 0.3 is 0 Å². The highest BCUT2D eigenvalue weighted by molar-refractivity contribution is 5.92. The Balaban J connectivity index is 3.08. The summed E-state index contributed by atoms with van der Waals surface area (Å²) in [6.45, 7) is 4.52. The summed E-state index contributed by atoms with van der Waals surface area (Å²) in [4.78, 5) is 13.5. The fraction of sp³-hybridized carbons (Fsp3) is 0.462. The van der Waals surface area contributed by atoms with Gasteiger partial charge in [-0.15, -0.1) is 0 Å². The average molecular weight is 235 g/mol. The zero-order valence-electron chi connectivity index (χ0n) is 10.5. The van der Waals surface area contributed by atoms with E-state index in [1.807, 2.05) is 31.2 Å². The minimum Gasteiger partial charge on any atom is -0.328 e. The molecule has 4 N–H and O–H groups in total. The minimum atomic E-state index is 0.0106. The molecule has 17 heavy (non-hydrogen) atoms. The van der Waals surface area contributed by atoms with Crippen molar-refractivity contribution in [3.8, 4) is 0 Å². The lowest BCUT2D eigenvalue weighted by atomic mass is 10.1. The van der Waals surface area contributed by atoms with Gasteiger partial charge in [0.2, 0.25) is 5.91 Å². The first kappa shape index (κ1) is 13.7. The van der Waals surface area contributed by atoms with E-state index in [9.17, 15) is 4.79 Å². The number of benzene rings is 1.